The lowest BCUT2D eigenvalue weighted by Crippen LogP contribution is -2.36. The van der Waals surface area contributed by atoms with Crippen LogP contribution in [0, 0.1) is 5.92 Å². The number of hydrogen-bond acceptors (Lipinski definition) is 4. The summed E-state index contributed by atoms with van der Waals surface area (Å²) < 4.78 is 23.1. The summed E-state index contributed by atoms with van der Waals surface area (Å²) in [5.74, 6) is -0.0403. The topological polar surface area (TPSA) is 115 Å². The van der Waals surface area contributed by atoms with Crippen molar-refractivity contribution in [2.24, 2.45) is 16.8 Å². The Labute approximate surface area is 138 Å². The first-order valence-corrected chi connectivity index (χ1v) is 8.42. The van der Waals surface area contributed by atoms with Crippen LogP contribution < -0.4 is 16.2 Å². The zero-order valence-electron chi connectivity index (χ0n) is 13.0. The fourth-order valence-electron chi connectivity index (χ4n) is 2.04. The van der Waals surface area contributed by atoms with Crippen molar-refractivity contribution in [2.75, 3.05) is 5.32 Å². The monoisotopic (exact) mass is 349 g/mol. The number of nitrogens with one attached hydrogen (secondary N) is 1. The van der Waals surface area contributed by atoms with Crippen LogP contribution in [-0.4, -0.2) is 20.4 Å². The standard InChI is InChI=1S/C14H23N3O3S.ClH/c1-4-10-5-6-11(8-13(10)21(16,19)20)17-14(18)12(15)7-9(2)3;/h5-6,8-9,12H,4,7,15H2,1-3H3,(H,17,18)(H2,16,19,20);1H/t12-;/m0./s1. The van der Waals surface area contributed by atoms with E-state index >= 15 is 0 Å². The lowest BCUT2D eigenvalue weighted by Gasteiger charge is -2.15. The summed E-state index contributed by atoms with van der Waals surface area (Å²) >= 11 is 0. The fraction of sp³-hybridized carbons (Fsp3) is 0.500. The predicted molar refractivity (Wildman–Crippen MR) is 90.5 cm³/mol. The van der Waals surface area contributed by atoms with E-state index in [1.165, 1.54) is 6.07 Å². The molecule has 0 spiro atoms. The van der Waals surface area contributed by atoms with E-state index in [0.29, 0.717) is 30.0 Å². The largest absolute Gasteiger partial charge is 0.325 e. The van der Waals surface area contributed by atoms with E-state index in [-0.39, 0.29) is 23.2 Å². The first-order valence-electron chi connectivity index (χ1n) is 6.87. The predicted octanol–water partition coefficient (Wildman–Crippen LogP) is 1.63. The first-order chi connectivity index (χ1) is 9.65. The van der Waals surface area contributed by atoms with E-state index in [4.69, 9.17) is 10.9 Å². The number of carbonyl (C=O) groups excluding carboxylic acids is 1. The second kappa shape index (κ2) is 8.47. The summed E-state index contributed by atoms with van der Waals surface area (Å²) in [5.41, 5.74) is 6.78. The third-order valence-electron chi connectivity index (χ3n) is 3.08. The maximum atomic E-state index is 11.9. The molecule has 0 aliphatic rings. The van der Waals surface area contributed by atoms with Crippen molar-refractivity contribution in [3.63, 3.8) is 0 Å². The van der Waals surface area contributed by atoms with Gasteiger partial charge in [0, 0.05) is 5.69 Å². The van der Waals surface area contributed by atoms with Crippen LogP contribution in [0.25, 0.3) is 0 Å². The van der Waals surface area contributed by atoms with Crippen LogP contribution in [-0.2, 0) is 21.2 Å². The van der Waals surface area contributed by atoms with Gasteiger partial charge in [-0.05, 0) is 36.5 Å². The summed E-state index contributed by atoms with van der Waals surface area (Å²) in [5, 5.41) is 7.82. The van der Waals surface area contributed by atoms with Crippen molar-refractivity contribution in [2.45, 2.75) is 44.6 Å². The molecule has 6 nitrogen and oxygen atoms in total. The van der Waals surface area contributed by atoms with Gasteiger partial charge in [0.15, 0.2) is 0 Å². The molecule has 22 heavy (non-hydrogen) atoms. The van der Waals surface area contributed by atoms with E-state index in [9.17, 15) is 13.2 Å². The van der Waals surface area contributed by atoms with Crippen LogP contribution in [0.3, 0.4) is 0 Å². The average molecular weight is 350 g/mol. The molecule has 0 saturated carbocycles. The Balaban J connectivity index is 0.00000441. The molecular formula is C14H24ClN3O3S. The lowest BCUT2D eigenvalue weighted by atomic mass is 10.0. The molecule has 1 rings (SSSR count). The van der Waals surface area contributed by atoms with Crippen LogP contribution in [0.5, 0.6) is 0 Å². The minimum Gasteiger partial charge on any atom is -0.325 e. The highest BCUT2D eigenvalue weighted by Gasteiger charge is 2.18. The van der Waals surface area contributed by atoms with Gasteiger partial charge in [-0.2, -0.15) is 0 Å². The zero-order valence-corrected chi connectivity index (χ0v) is 14.6. The molecule has 1 aromatic rings. The fourth-order valence-corrected chi connectivity index (χ4v) is 2.91. The smallest absolute Gasteiger partial charge is 0.241 e. The minimum absolute atomic E-state index is 0. The van der Waals surface area contributed by atoms with Crippen LogP contribution in [0.15, 0.2) is 23.1 Å². The molecule has 126 valence electrons. The molecule has 0 unspecified atom stereocenters. The van der Waals surface area contributed by atoms with Crippen LogP contribution in [0.1, 0.15) is 32.8 Å². The van der Waals surface area contributed by atoms with Crippen LogP contribution in [0.2, 0.25) is 0 Å². The number of halogens is 1. The molecule has 1 atom stereocenters. The highest BCUT2D eigenvalue weighted by molar-refractivity contribution is 7.89. The number of primary sulfonamides is 1. The van der Waals surface area contributed by atoms with Crippen molar-refractivity contribution in [1.29, 1.82) is 0 Å². The first kappa shape index (κ1) is 20.9. The number of carbonyl (C=O) groups is 1. The summed E-state index contributed by atoms with van der Waals surface area (Å²) in [6, 6.07) is 4.03. The van der Waals surface area contributed by atoms with Gasteiger partial charge in [-0.3, -0.25) is 4.79 Å². The Hall–Kier alpha value is -1.15. The van der Waals surface area contributed by atoms with Crippen LogP contribution in [0.4, 0.5) is 5.69 Å². The van der Waals surface area contributed by atoms with Gasteiger partial charge in [0.25, 0.3) is 0 Å². The molecular weight excluding hydrogens is 326 g/mol. The SMILES string of the molecule is CCc1ccc(NC(=O)[C@@H](N)CC(C)C)cc1S(N)(=O)=O.Cl. The van der Waals surface area contributed by atoms with E-state index in [2.05, 4.69) is 5.32 Å². The number of hydrogen-bond donors (Lipinski definition) is 3. The van der Waals surface area contributed by atoms with E-state index in [0.717, 1.165) is 0 Å². The van der Waals surface area contributed by atoms with Gasteiger partial charge in [-0.25, -0.2) is 13.6 Å². The maximum absolute atomic E-state index is 11.9. The summed E-state index contributed by atoms with van der Waals surface area (Å²) in [6.45, 7) is 5.78. The molecule has 0 saturated heterocycles. The van der Waals surface area contributed by atoms with Crippen molar-refractivity contribution in [1.82, 2.24) is 0 Å². The summed E-state index contributed by atoms with van der Waals surface area (Å²) in [6.07, 6.45) is 1.09. The van der Waals surface area contributed by atoms with Gasteiger partial charge < -0.3 is 11.1 Å². The molecule has 1 aromatic carbocycles. The number of sulfonamides is 1. The quantitative estimate of drug-likeness (QED) is 0.723. The molecule has 0 aliphatic heterocycles. The third-order valence-corrected chi connectivity index (χ3v) is 4.08. The van der Waals surface area contributed by atoms with Gasteiger partial charge in [0.1, 0.15) is 0 Å². The Morgan fingerprint density at radius 2 is 1.91 bits per heavy atom. The number of benzene rings is 1. The summed E-state index contributed by atoms with van der Waals surface area (Å²) in [7, 11) is -3.83. The van der Waals surface area contributed by atoms with Crippen LogP contribution >= 0.6 is 12.4 Å². The second-order valence-electron chi connectivity index (χ2n) is 5.45. The molecule has 0 heterocycles. The highest BCUT2D eigenvalue weighted by Crippen LogP contribution is 2.20. The normalized spacial score (nSPS) is 12.6. The average Bonchev–Trinajstić information content (AvgIpc) is 2.36. The van der Waals surface area contributed by atoms with E-state index in [1.807, 2.05) is 20.8 Å². The zero-order chi connectivity index (χ0) is 16.2. The number of nitrogens with two attached hydrogens (primary N) is 2. The summed E-state index contributed by atoms with van der Waals surface area (Å²) in [4.78, 5) is 12.0. The van der Waals surface area contributed by atoms with Crippen molar-refractivity contribution < 1.29 is 13.2 Å². The lowest BCUT2D eigenvalue weighted by molar-refractivity contribution is -0.117. The molecule has 0 radical (unpaired) electrons. The molecule has 8 heteroatoms. The van der Waals surface area contributed by atoms with Gasteiger partial charge >= 0.3 is 0 Å². The molecule has 5 N–H and O–H groups in total. The molecule has 0 aliphatic carbocycles. The molecule has 1 amide bonds. The van der Waals surface area contributed by atoms with Gasteiger partial charge in [-0.15, -0.1) is 12.4 Å². The molecule has 0 fully saturated rings. The minimum atomic E-state index is -3.83. The van der Waals surface area contributed by atoms with Gasteiger partial charge in [0.05, 0.1) is 10.9 Å². The second-order valence-corrected chi connectivity index (χ2v) is 6.98. The van der Waals surface area contributed by atoms with Gasteiger partial charge in [-0.1, -0.05) is 26.8 Å². The number of rotatable bonds is 6. The Kier molecular flexibility index (Phi) is 8.03. The third kappa shape index (κ3) is 5.92. The van der Waals surface area contributed by atoms with E-state index < -0.39 is 16.1 Å². The van der Waals surface area contributed by atoms with Gasteiger partial charge in [0.2, 0.25) is 15.9 Å². The highest BCUT2D eigenvalue weighted by atomic mass is 35.5. The maximum Gasteiger partial charge on any atom is 0.241 e. The van der Waals surface area contributed by atoms with Crippen molar-refractivity contribution in [3.8, 4) is 0 Å². The van der Waals surface area contributed by atoms with Crippen molar-refractivity contribution >= 4 is 34.0 Å². The number of amides is 1. The van der Waals surface area contributed by atoms with Crippen molar-refractivity contribution in [3.05, 3.63) is 23.8 Å². The Bertz CT molecular complexity index is 618. The number of anilines is 1. The number of aryl methyl sites for hydroxylation is 1. The Morgan fingerprint density at radius 3 is 2.36 bits per heavy atom. The molecule has 0 bridgehead atoms. The molecule has 0 aromatic heterocycles. The Morgan fingerprint density at radius 1 is 1.32 bits per heavy atom. The van der Waals surface area contributed by atoms with E-state index in [1.54, 1.807) is 12.1 Å².